The number of likely N-dealkylation sites (tertiary alicyclic amines) is 1. The Morgan fingerprint density at radius 1 is 1.15 bits per heavy atom. The van der Waals surface area contributed by atoms with Crippen molar-refractivity contribution in [1.82, 2.24) is 10.2 Å². The molecule has 2 heterocycles. The fraction of sp³-hybridized carbons (Fsp3) is 0.765. The smallest absolute Gasteiger partial charge is 0.0107 e. The quantitative estimate of drug-likeness (QED) is 0.809. The van der Waals surface area contributed by atoms with Crippen LogP contribution in [0.3, 0.4) is 0 Å². The monoisotopic (exact) mass is 292 g/mol. The predicted octanol–water partition coefficient (Wildman–Crippen LogP) is 3.39. The molecule has 112 valence electrons. The lowest BCUT2D eigenvalue weighted by molar-refractivity contribution is 0.0876. The van der Waals surface area contributed by atoms with Crippen LogP contribution in [0.4, 0.5) is 0 Å². The van der Waals surface area contributed by atoms with Gasteiger partial charge in [0.2, 0.25) is 0 Å². The predicted molar refractivity (Wildman–Crippen MR) is 87.4 cm³/mol. The molecule has 1 N–H and O–H groups in total. The molecular weight excluding hydrogens is 264 g/mol. The van der Waals surface area contributed by atoms with Gasteiger partial charge in [-0.15, -0.1) is 0 Å². The Kier molecular flexibility index (Phi) is 5.51. The first kappa shape index (κ1) is 14.6. The van der Waals surface area contributed by atoms with E-state index in [0.29, 0.717) is 0 Å². The molecule has 2 aliphatic rings. The van der Waals surface area contributed by atoms with E-state index in [2.05, 4.69) is 27.0 Å². The highest BCUT2D eigenvalue weighted by atomic mass is 32.1. The van der Waals surface area contributed by atoms with Crippen molar-refractivity contribution < 1.29 is 0 Å². The average Bonchev–Trinajstić information content (AvgIpc) is 3.00. The van der Waals surface area contributed by atoms with Gasteiger partial charge in [-0.3, -0.25) is 0 Å². The van der Waals surface area contributed by atoms with Crippen molar-refractivity contribution in [2.75, 3.05) is 32.7 Å². The number of nitrogens with zero attached hydrogens (tertiary/aromatic N) is 1. The van der Waals surface area contributed by atoms with Crippen molar-refractivity contribution in [1.29, 1.82) is 0 Å². The van der Waals surface area contributed by atoms with Crippen LogP contribution in [-0.4, -0.2) is 37.6 Å². The molecule has 3 heteroatoms. The molecule has 1 aliphatic heterocycles. The molecule has 1 saturated heterocycles. The van der Waals surface area contributed by atoms with Gasteiger partial charge < -0.3 is 10.2 Å². The van der Waals surface area contributed by atoms with E-state index in [0.717, 1.165) is 24.9 Å². The minimum atomic E-state index is 1.02. The molecule has 3 rings (SSSR count). The summed E-state index contributed by atoms with van der Waals surface area (Å²) >= 11 is 1.80. The van der Waals surface area contributed by atoms with Gasteiger partial charge in [-0.05, 0) is 66.6 Å². The van der Waals surface area contributed by atoms with Crippen molar-refractivity contribution in [2.45, 2.75) is 38.5 Å². The SMILES string of the molecule is c1cc(CCNCCN2CCC3CCCCC3C2)cs1. The van der Waals surface area contributed by atoms with Crippen LogP contribution in [0, 0.1) is 11.8 Å². The van der Waals surface area contributed by atoms with Gasteiger partial charge in [0.15, 0.2) is 0 Å². The van der Waals surface area contributed by atoms with Crippen LogP contribution in [0.15, 0.2) is 16.8 Å². The number of hydrogen-bond acceptors (Lipinski definition) is 3. The maximum Gasteiger partial charge on any atom is 0.0107 e. The molecule has 2 atom stereocenters. The molecule has 2 unspecified atom stereocenters. The molecule has 0 spiro atoms. The van der Waals surface area contributed by atoms with E-state index in [1.54, 1.807) is 11.3 Å². The Bertz CT molecular complexity index is 376. The number of rotatable bonds is 6. The Balaban J connectivity index is 1.29. The number of piperidine rings is 1. The number of thiophene rings is 1. The lowest BCUT2D eigenvalue weighted by Gasteiger charge is -2.41. The first-order chi connectivity index (χ1) is 9.92. The molecule has 1 aromatic heterocycles. The van der Waals surface area contributed by atoms with E-state index >= 15 is 0 Å². The van der Waals surface area contributed by atoms with Crippen molar-refractivity contribution in [2.24, 2.45) is 11.8 Å². The summed E-state index contributed by atoms with van der Waals surface area (Å²) in [6.45, 7) is 6.23. The lowest BCUT2D eigenvalue weighted by atomic mass is 9.75. The summed E-state index contributed by atoms with van der Waals surface area (Å²) in [5.41, 5.74) is 1.48. The summed E-state index contributed by atoms with van der Waals surface area (Å²) in [5.74, 6) is 2.08. The first-order valence-electron chi connectivity index (χ1n) is 8.36. The topological polar surface area (TPSA) is 15.3 Å². The second-order valence-electron chi connectivity index (χ2n) is 6.53. The summed E-state index contributed by atoms with van der Waals surface area (Å²) in [6, 6.07) is 2.24. The molecule has 1 saturated carbocycles. The Morgan fingerprint density at radius 2 is 2.05 bits per heavy atom. The number of hydrogen-bond donors (Lipinski definition) is 1. The Morgan fingerprint density at radius 3 is 2.90 bits per heavy atom. The number of nitrogens with one attached hydrogen (secondary N) is 1. The van der Waals surface area contributed by atoms with Crippen LogP contribution in [0.2, 0.25) is 0 Å². The van der Waals surface area contributed by atoms with Gasteiger partial charge >= 0.3 is 0 Å². The van der Waals surface area contributed by atoms with Crippen LogP contribution in [0.5, 0.6) is 0 Å². The minimum absolute atomic E-state index is 1.02. The fourth-order valence-electron chi connectivity index (χ4n) is 3.91. The molecule has 1 aliphatic carbocycles. The molecule has 2 nitrogen and oxygen atoms in total. The average molecular weight is 292 g/mol. The van der Waals surface area contributed by atoms with E-state index in [1.807, 2.05) is 0 Å². The van der Waals surface area contributed by atoms with Gasteiger partial charge in [-0.1, -0.05) is 19.3 Å². The van der Waals surface area contributed by atoms with Crippen LogP contribution in [0.25, 0.3) is 0 Å². The molecular formula is C17H28N2S. The van der Waals surface area contributed by atoms with E-state index in [-0.39, 0.29) is 0 Å². The number of fused-ring (bicyclic) bond motifs is 1. The van der Waals surface area contributed by atoms with Crippen molar-refractivity contribution in [3.05, 3.63) is 22.4 Å². The second-order valence-corrected chi connectivity index (χ2v) is 7.31. The summed E-state index contributed by atoms with van der Waals surface area (Å²) in [7, 11) is 0. The largest absolute Gasteiger partial charge is 0.315 e. The summed E-state index contributed by atoms with van der Waals surface area (Å²) < 4.78 is 0. The maximum absolute atomic E-state index is 3.61. The van der Waals surface area contributed by atoms with E-state index in [9.17, 15) is 0 Å². The van der Waals surface area contributed by atoms with Gasteiger partial charge in [-0.25, -0.2) is 0 Å². The van der Waals surface area contributed by atoms with Crippen molar-refractivity contribution in [3.63, 3.8) is 0 Å². The maximum atomic E-state index is 3.61. The van der Waals surface area contributed by atoms with Gasteiger partial charge in [0.25, 0.3) is 0 Å². The van der Waals surface area contributed by atoms with Gasteiger partial charge in [0, 0.05) is 19.6 Å². The van der Waals surface area contributed by atoms with E-state index in [4.69, 9.17) is 0 Å². The third kappa shape index (κ3) is 4.06. The summed E-state index contributed by atoms with van der Waals surface area (Å²) in [4.78, 5) is 2.70. The Hall–Kier alpha value is -0.380. The van der Waals surface area contributed by atoms with E-state index < -0.39 is 0 Å². The molecule has 1 aromatic rings. The van der Waals surface area contributed by atoms with Crippen molar-refractivity contribution >= 4 is 11.3 Å². The normalized spacial score (nSPS) is 27.4. The standard InChI is InChI=1S/C17H28N2S/c1-2-4-17-13-19(10-6-16(17)3-1)11-9-18-8-5-15-7-12-20-14-15/h7,12,14,16-18H,1-6,8-11,13H2. The molecule has 0 amide bonds. The third-order valence-corrected chi connectivity index (χ3v) is 5.88. The lowest BCUT2D eigenvalue weighted by Crippen LogP contribution is -2.44. The summed E-state index contributed by atoms with van der Waals surface area (Å²) in [6.07, 6.45) is 8.61. The third-order valence-electron chi connectivity index (χ3n) is 5.15. The first-order valence-corrected chi connectivity index (χ1v) is 9.30. The van der Waals surface area contributed by atoms with Gasteiger partial charge in [0.05, 0.1) is 0 Å². The molecule has 0 aromatic carbocycles. The zero-order chi connectivity index (χ0) is 13.6. The fourth-order valence-corrected chi connectivity index (χ4v) is 4.61. The van der Waals surface area contributed by atoms with Crippen LogP contribution < -0.4 is 5.32 Å². The highest BCUT2D eigenvalue weighted by molar-refractivity contribution is 7.07. The summed E-state index contributed by atoms with van der Waals surface area (Å²) in [5, 5.41) is 8.04. The van der Waals surface area contributed by atoms with Crippen LogP contribution >= 0.6 is 11.3 Å². The molecule has 0 bridgehead atoms. The molecule has 20 heavy (non-hydrogen) atoms. The Labute approximate surface area is 127 Å². The van der Waals surface area contributed by atoms with Crippen LogP contribution in [0.1, 0.15) is 37.7 Å². The zero-order valence-corrected chi connectivity index (χ0v) is 13.3. The minimum Gasteiger partial charge on any atom is -0.315 e. The molecule has 0 radical (unpaired) electrons. The van der Waals surface area contributed by atoms with Gasteiger partial charge in [-0.2, -0.15) is 11.3 Å². The second kappa shape index (κ2) is 7.58. The molecule has 2 fully saturated rings. The van der Waals surface area contributed by atoms with Crippen LogP contribution in [-0.2, 0) is 6.42 Å². The zero-order valence-electron chi connectivity index (χ0n) is 12.5. The highest BCUT2D eigenvalue weighted by Gasteiger charge is 2.30. The van der Waals surface area contributed by atoms with Crippen molar-refractivity contribution in [3.8, 4) is 0 Å². The van der Waals surface area contributed by atoms with E-state index in [1.165, 1.54) is 63.7 Å². The highest BCUT2D eigenvalue weighted by Crippen LogP contribution is 2.35. The van der Waals surface area contributed by atoms with Gasteiger partial charge in [0.1, 0.15) is 0 Å².